The average Bonchev–Trinajstić information content (AvgIpc) is 2.95. The van der Waals surface area contributed by atoms with Gasteiger partial charge >= 0.3 is 12.4 Å². The zero-order chi connectivity index (χ0) is 23.0. The van der Waals surface area contributed by atoms with Crippen molar-refractivity contribution >= 4 is 17.7 Å². The molecule has 0 fully saturated rings. The van der Waals surface area contributed by atoms with Gasteiger partial charge in [0.1, 0.15) is 11.8 Å². The van der Waals surface area contributed by atoms with Gasteiger partial charge in [0.15, 0.2) is 23.1 Å². The van der Waals surface area contributed by atoms with E-state index in [9.17, 15) is 35.1 Å². The van der Waals surface area contributed by atoms with Crippen LogP contribution in [0.25, 0.3) is 11.3 Å². The van der Waals surface area contributed by atoms with E-state index in [0.29, 0.717) is 0 Å². The molecule has 2 aromatic rings. The lowest BCUT2D eigenvalue weighted by molar-refractivity contribution is -0.138. The maximum absolute atomic E-state index is 14.4. The van der Waals surface area contributed by atoms with Crippen molar-refractivity contribution in [2.24, 2.45) is 4.99 Å². The largest absolute Gasteiger partial charge is 0.416 e. The number of alkyl halides is 6. The van der Waals surface area contributed by atoms with Crippen molar-refractivity contribution in [2.75, 3.05) is 14.1 Å². The second-order valence-corrected chi connectivity index (χ2v) is 6.04. The second-order valence-electron chi connectivity index (χ2n) is 6.04. The van der Waals surface area contributed by atoms with Gasteiger partial charge < -0.3 is 4.90 Å². The maximum Gasteiger partial charge on any atom is 0.416 e. The fraction of sp³-hybridized carbons (Fsp3) is 0.235. The predicted octanol–water partition coefficient (Wildman–Crippen LogP) is 4.84. The van der Waals surface area contributed by atoms with Crippen LogP contribution in [0.1, 0.15) is 16.8 Å². The number of hydrogen-bond donors (Lipinski definition) is 0. The average molecular weight is 437 g/mol. The number of hydrogen-bond acceptors (Lipinski definition) is 3. The Morgan fingerprint density at radius 3 is 2.10 bits per heavy atom. The monoisotopic (exact) mass is 437 g/mol. The molecule has 0 aliphatic rings. The van der Waals surface area contributed by atoms with Crippen LogP contribution in [0.4, 0.5) is 40.9 Å². The highest BCUT2D eigenvalue weighted by molar-refractivity contribution is 5.80. The molecule has 13 heteroatoms. The third-order valence-electron chi connectivity index (χ3n) is 3.58. The molecule has 0 bridgehead atoms. The number of benzene rings is 1. The molecule has 0 spiro atoms. The first-order valence-electron chi connectivity index (χ1n) is 7.75. The Morgan fingerprint density at radius 1 is 1.17 bits per heavy atom. The standard InChI is InChI=1S/C17H11F8N5/c1-8(16(20,21)22)13-12(6-26)28-30(15(13)27-7-29(2)3)14-10(18)4-9(5-11(14)19)17(23,24)25/h4-5,7H,1H2,2-3H3/b27-7-. The van der Waals surface area contributed by atoms with E-state index < -0.39 is 57.9 Å². The molecule has 0 unspecified atom stereocenters. The smallest absolute Gasteiger partial charge is 0.369 e. The van der Waals surface area contributed by atoms with Gasteiger partial charge in [-0.05, 0) is 12.1 Å². The molecule has 0 saturated carbocycles. The molecule has 30 heavy (non-hydrogen) atoms. The van der Waals surface area contributed by atoms with Gasteiger partial charge in [0.25, 0.3) is 0 Å². The van der Waals surface area contributed by atoms with Crippen LogP contribution >= 0.6 is 0 Å². The van der Waals surface area contributed by atoms with E-state index in [1.54, 1.807) is 0 Å². The molecule has 5 nitrogen and oxygen atoms in total. The van der Waals surface area contributed by atoms with Crippen LogP contribution in [-0.4, -0.2) is 41.3 Å². The van der Waals surface area contributed by atoms with E-state index in [0.717, 1.165) is 6.34 Å². The third kappa shape index (κ3) is 4.42. The summed E-state index contributed by atoms with van der Waals surface area (Å²) in [5, 5.41) is 12.6. The molecule has 1 aromatic carbocycles. The Hall–Kier alpha value is -3.43. The van der Waals surface area contributed by atoms with Gasteiger partial charge in [-0.15, -0.1) is 0 Å². The molecule has 0 atom stereocenters. The summed E-state index contributed by atoms with van der Waals surface area (Å²) in [6.45, 7) is 2.84. The lowest BCUT2D eigenvalue weighted by Gasteiger charge is -2.13. The minimum absolute atomic E-state index is 0.0518. The summed E-state index contributed by atoms with van der Waals surface area (Å²) in [6.07, 6.45) is -9.19. The first-order valence-corrected chi connectivity index (χ1v) is 7.75. The molecule has 160 valence electrons. The minimum atomic E-state index is -5.08. The van der Waals surface area contributed by atoms with Crippen molar-refractivity contribution in [1.29, 1.82) is 5.26 Å². The summed E-state index contributed by atoms with van der Waals surface area (Å²) in [7, 11) is 2.85. The fourth-order valence-corrected chi connectivity index (χ4v) is 2.28. The molecular formula is C17H11F8N5. The quantitative estimate of drug-likeness (QED) is 0.391. The van der Waals surface area contributed by atoms with E-state index in [4.69, 9.17) is 5.26 Å². The predicted molar refractivity (Wildman–Crippen MR) is 90.1 cm³/mol. The minimum Gasteiger partial charge on any atom is -0.369 e. The van der Waals surface area contributed by atoms with E-state index in [-0.39, 0.29) is 16.8 Å². The van der Waals surface area contributed by atoms with E-state index >= 15 is 0 Å². The van der Waals surface area contributed by atoms with Crippen LogP contribution in [0.15, 0.2) is 23.7 Å². The number of rotatable bonds is 4. The lowest BCUT2D eigenvalue weighted by atomic mass is 10.1. The van der Waals surface area contributed by atoms with Gasteiger partial charge in [-0.25, -0.2) is 18.5 Å². The highest BCUT2D eigenvalue weighted by Gasteiger charge is 2.39. The summed E-state index contributed by atoms with van der Waals surface area (Å²) in [4.78, 5) is 4.93. The summed E-state index contributed by atoms with van der Waals surface area (Å²) in [6, 6.07) is 1.23. The highest BCUT2D eigenvalue weighted by atomic mass is 19.4. The summed E-state index contributed by atoms with van der Waals surface area (Å²) in [5.41, 5.74) is -6.38. The summed E-state index contributed by atoms with van der Waals surface area (Å²) in [5.74, 6) is -4.40. The van der Waals surface area contributed by atoms with Crippen LogP contribution in [0, 0.1) is 23.0 Å². The number of aliphatic imine (C=N–C) groups is 1. The molecule has 0 aliphatic carbocycles. The van der Waals surface area contributed by atoms with Crippen molar-refractivity contribution < 1.29 is 35.1 Å². The molecule has 0 N–H and O–H groups in total. The van der Waals surface area contributed by atoms with Gasteiger partial charge in [0.2, 0.25) is 0 Å². The van der Waals surface area contributed by atoms with Crippen molar-refractivity contribution in [3.8, 4) is 11.8 Å². The van der Waals surface area contributed by atoms with Crippen LogP contribution < -0.4 is 0 Å². The molecule has 1 aromatic heterocycles. The van der Waals surface area contributed by atoms with Crippen molar-refractivity contribution in [3.05, 3.63) is 47.2 Å². The Balaban J connectivity index is 2.90. The lowest BCUT2D eigenvalue weighted by Crippen LogP contribution is -2.12. The normalized spacial score (nSPS) is 12.3. The summed E-state index contributed by atoms with van der Waals surface area (Å²) < 4.78 is 107. The van der Waals surface area contributed by atoms with Crippen molar-refractivity contribution in [1.82, 2.24) is 14.7 Å². The zero-order valence-electron chi connectivity index (χ0n) is 15.2. The molecule has 0 aliphatic heterocycles. The topological polar surface area (TPSA) is 57.2 Å². The number of aromatic nitrogens is 2. The molecule has 0 amide bonds. The van der Waals surface area contributed by atoms with Crippen LogP contribution in [0.3, 0.4) is 0 Å². The van der Waals surface area contributed by atoms with Crippen molar-refractivity contribution in [3.63, 3.8) is 0 Å². The number of allylic oxidation sites excluding steroid dienone is 1. The van der Waals surface area contributed by atoms with Gasteiger partial charge in [-0.3, -0.25) is 0 Å². The number of nitrogens with zero attached hydrogens (tertiary/aromatic N) is 5. The van der Waals surface area contributed by atoms with Crippen LogP contribution in [0.5, 0.6) is 0 Å². The van der Waals surface area contributed by atoms with E-state index in [1.165, 1.54) is 25.1 Å². The van der Waals surface area contributed by atoms with E-state index in [2.05, 4.69) is 16.7 Å². The number of nitriles is 1. The fourth-order valence-electron chi connectivity index (χ4n) is 2.28. The van der Waals surface area contributed by atoms with Crippen LogP contribution in [0.2, 0.25) is 0 Å². The molecular weight excluding hydrogens is 426 g/mol. The Bertz CT molecular complexity index is 1030. The van der Waals surface area contributed by atoms with Gasteiger partial charge in [-0.1, -0.05) is 6.58 Å². The van der Waals surface area contributed by atoms with Crippen molar-refractivity contribution in [2.45, 2.75) is 12.4 Å². The second kappa shape index (κ2) is 7.77. The van der Waals surface area contributed by atoms with Gasteiger partial charge in [0, 0.05) is 14.1 Å². The maximum atomic E-state index is 14.4. The first-order chi connectivity index (χ1) is 13.7. The third-order valence-corrected chi connectivity index (χ3v) is 3.58. The highest BCUT2D eigenvalue weighted by Crippen LogP contribution is 2.41. The Labute approximate surface area is 164 Å². The summed E-state index contributed by atoms with van der Waals surface area (Å²) >= 11 is 0. The Morgan fingerprint density at radius 2 is 1.70 bits per heavy atom. The molecule has 0 saturated heterocycles. The van der Waals surface area contributed by atoms with Gasteiger partial charge in [0.05, 0.1) is 23.0 Å². The Kier molecular flexibility index (Phi) is 5.92. The number of halogens is 8. The molecule has 0 radical (unpaired) electrons. The van der Waals surface area contributed by atoms with Gasteiger partial charge in [-0.2, -0.15) is 36.7 Å². The molecule has 1 heterocycles. The first kappa shape index (κ1) is 22.9. The van der Waals surface area contributed by atoms with E-state index in [1.807, 2.05) is 0 Å². The molecule has 2 rings (SSSR count). The SMILES string of the molecule is C=C(c1c(C#N)nn(-c2c(F)cc(C(F)(F)F)cc2F)c1/N=C\N(C)C)C(F)(F)F. The zero-order valence-corrected chi connectivity index (χ0v) is 15.2. The van der Waals surface area contributed by atoms with Crippen LogP contribution in [-0.2, 0) is 6.18 Å².